The molecule has 1 nitrogen and oxygen atoms in total. The number of nitrogens with zero attached hydrogens (tertiary/aromatic N) is 1. The van der Waals surface area contributed by atoms with Gasteiger partial charge in [-0.3, -0.25) is 4.98 Å². The quantitative estimate of drug-likeness (QED) is 0.158. The maximum atomic E-state index is 13.3. The molecule has 196 valence electrons. The first kappa shape index (κ1) is 23.9. The van der Waals surface area contributed by atoms with Gasteiger partial charge in [-0.25, -0.2) is 0 Å². The summed E-state index contributed by atoms with van der Waals surface area (Å²) in [5, 5.41) is 11.5. The van der Waals surface area contributed by atoms with Gasteiger partial charge in [0, 0.05) is 11.8 Å². The van der Waals surface area contributed by atoms with E-state index in [1.165, 1.54) is 50.1 Å². The average molecular weight is 538 g/mol. The molecule has 0 N–H and O–H groups in total. The highest BCUT2D eigenvalue weighted by atomic mass is 19.4. The first-order valence-corrected chi connectivity index (χ1v) is 13.5. The molecule has 41 heavy (non-hydrogen) atoms. The summed E-state index contributed by atoms with van der Waals surface area (Å²) in [7, 11) is 0. The maximum absolute atomic E-state index is 13.3. The van der Waals surface area contributed by atoms with Crippen LogP contribution in [0.25, 0.3) is 76.1 Å². The van der Waals surface area contributed by atoms with Crippen LogP contribution in [-0.4, -0.2) is 4.98 Å². The minimum Gasteiger partial charge on any atom is -0.251 e. The lowest BCUT2D eigenvalue weighted by Crippen LogP contribution is -2.07. The van der Waals surface area contributed by atoms with E-state index in [2.05, 4.69) is 84.7 Å². The third kappa shape index (κ3) is 3.47. The molecular weight excluding hydrogens is 515 g/mol. The van der Waals surface area contributed by atoms with Crippen LogP contribution < -0.4 is 0 Å². The number of hydrogen-bond acceptors (Lipinski definition) is 1. The van der Waals surface area contributed by atoms with Crippen LogP contribution in [0.2, 0.25) is 0 Å². The molecule has 4 heteroatoms. The first-order valence-electron chi connectivity index (χ1n) is 13.5. The van der Waals surface area contributed by atoms with Crippen LogP contribution in [0.5, 0.6) is 0 Å². The largest absolute Gasteiger partial charge is 0.433 e. The number of hydrogen-bond donors (Lipinski definition) is 0. The Morgan fingerprint density at radius 1 is 0.512 bits per heavy atom. The molecule has 1 heterocycles. The number of aromatic nitrogens is 1. The molecule has 0 saturated heterocycles. The summed E-state index contributed by atoms with van der Waals surface area (Å²) < 4.78 is 39.9. The molecule has 0 fully saturated rings. The standard InChI is InChI=1S/C37H22F3N/c1-21-10-11-22-13-17-30-31(18-14-23-12-16-25(21)34(22)35(23)30)36-28-8-4-2-6-26(28)33(27-7-3-5-9-29(27)36)24-15-19-32(41-20-24)37(38,39)40/h2-20H,1H3. The molecule has 0 bridgehead atoms. The zero-order valence-corrected chi connectivity index (χ0v) is 22.1. The second kappa shape index (κ2) is 8.52. The fourth-order valence-electron chi connectivity index (χ4n) is 6.60. The fourth-order valence-corrected chi connectivity index (χ4v) is 6.60. The molecule has 0 unspecified atom stereocenters. The molecule has 0 spiro atoms. The van der Waals surface area contributed by atoms with Crippen molar-refractivity contribution < 1.29 is 13.2 Å². The van der Waals surface area contributed by atoms with Crippen LogP contribution in [0.1, 0.15) is 11.3 Å². The normalized spacial score (nSPS) is 12.4. The second-order valence-electron chi connectivity index (χ2n) is 10.7. The SMILES string of the molecule is Cc1ccc2ccc3c(-c4c5ccccc5c(-c5ccc(C(F)(F)F)nc5)c5ccccc45)ccc4ccc1c2c43. The van der Waals surface area contributed by atoms with Crippen molar-refractivity contribution in [2.75, 3.05) is 0 Å². The van der Waals surface area contributed by atoms with Gasteiger partial charge in [0.15, 0.2) is 0 Å². The number of rotatable bonds is 2. The molecular formula is C37H22F3N. The average Bonchev–Trinajstić information content (AvgIpc) is 2.99. The number of benzene rings is 7. The van der Waals surface area contributed by atoms with E-state index >= 15 is 0 Å². The summed E-state index contributed by atoms with van der Waals surface area (Å²) in [4.78, 5) is 3.79. The van der Waals surface area contributed by atoms with Crippen molar-refractivity contribution in [2.24, 2.45) is 0 Å². The lowest BCUT2D eigenvalue weighted by Gasteiger charge is -2.20. The summed E-state index contributed by atoms with van der Waals surface area (Å²) in [6.45, 7) is 2.16. The third-order valence-electron chi connectivity index (χ3n) is 8.43. The molecule has 0 aliphatic heterocycles. The predicted molar refractivity (Wildman–Crippen MR) is 164 cm³/mol. The van der Waals surface area contributed by atoms with Crippen molar-refractivity contribution in [2.45, 2.75) is 13.1 Å². The Morgan fingerprint density at radius 2 is 1.05 bits per heavy atom. The highest BCUT2D eigenvalue weighted by molar-refractivity contribution is 6.29. The van der Waals surface area contributed by atoms with Crippen LogP contribution in [0, 0.1) is 6.92 Å². The molecule has 0 radical (unpaired) electrons. The molecule has 0 aliphatic carbocycles. The Labute approximate surface area is 233 Å². The first-order chi connectivity index (χ1) is 19.9. The van der Waals surface area contributed by atoms with Gasteiger partial charge in [0.2, 0.25) is 0 Å². The smallest absolute Gasteiger partial charge is 0.251 e. The van der Waals surface area contributed by atoms with E-state index in [0.717, 1.165) is 44.3 Å². The number of alkyl halides is 3. The minimum atomic E-state index is -4.49. The fraction of sp³-hybridized carbons (Fsp3) is 0.0541. The molecule has 8 aromatic rings. The van der Waals surface area contributed by atoms with Gasteiger partial charge < -0.3 is 0 Å². The van der Waals surface area contributed by atoms with Gasteiger partial charge in [0.1, 0.15) is 5.69 Å². The van der Waals surface area contributed by atoms with Crippen molar-refractivity contribution in [3.05, 3.63) is 127 Å². The Bertz CT molecular complexity index is 2240. The van der Waals surface area contributed by atoms with E-state index in [9.17, 15) is 13.2 Å². The molecule has 0 aliphatic rings. The van der Waals surface area contributed by atoms with E-state index < -0.39 is 11.9 Å². The van der Waals surface area contributed by atoms with Gasteiger partial charge in [0.25, 0.3) is 0 Å². The summed E-state index contributed by atoms with van der Waals surface area (Å²) in [6, 6.07) is 36.6. The van der Waals surface area contributed by atoms with E-state index in [1.807, 2.05) is 24.3 Å². The van der Waals surface area contributed by atoms with Crippen LogP contribution in [-0.2, 0) is 6.18 Å². The number of fused-ring (bicyclic) bond motifs is 2. The van der Waals surface area contributed by atoms with Gasteiger partial charge in [-0.05, 0) is 89.1 Å². The zero-order valence-electron chi connectivity index (χ0n) is 22.1. The Hall–Kier alpha value is -4.96. The van der Waals surface area contributed by atoms with Gasteiger partial charge >= 0.3 is 6.18 Å². The number of halogens is 3. The van der Waals surface area contributed by atoms with Gasteiger partial charge in [-0.1, -0.05) is 103 Å². The molecule has 0 saturated carbocycles. The summed E-state index contributed by atoms with van der Waals surface area (Å²) in [5.41, 5.74) is 4.16. The van der Waals surface area contributed by atoms with Gasteiger partial charge in [0.05, 0.1) is 0 Å². The topological polar surface area (TPSA) is 12.9 Å². The van der Waals surface area contributed by atoms with Crippen molar-refractivity contribution in [1.82, 2.24) is 4.98 Å². The molecule has 1 aromatic heterocycles. The van der Waals surface area contributed by atoms with E-state index in [1.54, 1.807) is 0 Å². The third-order valence-corrected chi connectivity index (χ3v) is 8.43. The molecule has 0 atom stereocenters. The second-order valence-corrected chi connectivity index (χ2v) is 10.7. The van der Waals surface area contributed by atoms with Gasteiger partial charge in [-0.15, -0.1) is 0 Å². The maximum Gasteiger partial charge on any atom is 0.433 e. The summed E-state index contributed by atoms with van der Waals surface area (Å²) in [6.07, 6.45) is -3.14. The van der Waals surface area contributed by atoms with Crippen molar-refractivity contribution in [1.29, 1.82) is 0 Å². The number of aryl methyl sites for hydroxylation is 1. The van der Waals surface area contributed by atoms with Crippen LogP contribution >= 0.6 is 0 Å². The Morgan fingerprint density at radius 3 is 1.63 bits per heavy atom. The molecule has 7 aromatic carbocycles. The van der Waals surface area contributed by atoms with Crippen LogP contribution in [0.4, 0.5) is 13.2 Å². The van der Waals surface area contributed by atoms with Gasteiger partial charge in [-0.2, -0.15) is 13.2 Å². The minimum absolute atomic E-state index is 0.655. The summed E-state index contributed by atoms with van der Waals surface area (Å²) >= 11 is 0. The lowest BCUT2D eigenvalue weighted by atomic mass is 9.83. The van der Waals surface area contributed by atoms with Crippen LogP contribution in [0.15, 0.2) is 115 Å². The van der Waals surface area contributed by atoms with Crippen molar-refractivity contribution in [3.8, 4) is 22.3 Å². The molecule has 8 rings (SSSR count). The van der Waals surface area contributed by atoms with Crippen LogP contribution in [0.3, 0.4) is 0 Å². The Kier molecular flexibility index (Phi) is 4.96. The highest BCUT2D eigenvalue weighted by Crippen LogP contribution is 2.47. The predicted octanol–water partition coefficient (Wildman–Crippen LogP) is 10.9. The van der Waals surface area contributed by atoms with Crippen molar-refractivity contribution >= 4 is 53.9 Å². The highest BCUT2D eigenvalue weighted by Gasteiger charge is 2.32. The molecule has 0 amide bonds. The summed E-state index contributed by atoms with van der Waals surface area (Å²) in [5.74, 6) is 0. The van der Waals surface area contributed by atoms with E-state index in [-0.39, 0.29) is 0 Å². The number of pyridine rings is 1. The van der Waals surface area contributed by atoms with Crippen molar-refractivity contribution in [3.63, 3.8) is 0 Å². The van der Waals surface area contributed by atoms with E-state index in [0.29, 0.717) is 5.56 Å². The Balaban J connectivity index is 1.50. The zero-order chi connectivity index (χ0) is 27.9. The lowest BCUT2D eigenvalue weighted by molar-refractivity contribution is -0.141. The van der Waals surface area contributed by atoms with E-state index in [4.69, 9.17) is 0 Å². The monoisotopic (exact) mass is 537 g/mol.